The highest BCUT2D eigenvalue weighted by Crippen LogP contribution is 2.15. The number of pyridine rings is 1. The summed E-state index contributed by atoms with van der Waals surface area (Å²) in [5, 5.41) is 17.0. The molecule has 0 aliphatic heterocycles. The minimum absolute atomic E-state index is 0.602. The molecule has 2 N–H and O–H groups in total. The smallest absolute Gasteiger partial charge is 0.202 e. The van der Waals surface area contributed by atoms with Crippen molar-refractivity contribution in [1.82, 2.24) is 30.6 Å². The zero-order chi connectivity index (χ0) is 9.38. The van der Waals surface area contributed by atoms with Gasteiger partial charge in [-0.2, -0.15) is 5.10 Å². The quantitative estimate of drug-likeness (QED) is 0.587. The minimum Gasteiger partial charge on any atom is -0.285 e. The largest absolute Gasteiger partial charge is 0.285 e. The van der Waals surface area contributed by atoms with Crippen molar-refractivity contribution in [2.24, 2.45) is 0 Å². The summed E-state index contributed by atoms with van der Waals surface area (Å²) >= 11 is 0. The first kappa shape index (κ1) is 7.19. The molecule has 0 saturated heterocycles. The number of hydrogen-bond acceptors (Lipinski definition) is 4. The second-order valence-electron chi connectivity index (χ2n) is 2.84. The first-order valence-corrected chi connectivity index (χ1v) is 4.11. The van der Waals surface area contributed by atoms with Gasteiger partial charge in [0.1, 0.15) is 11.2 Å². The van der Waals surface area contributed by atoms with E-state index in [1.165, 1.54) is 0 Å². The van der Waals surface area contributed by atoms with Gasteiger partial charge in [0.15, 0.2) is 0 Å². The van der Waals surface area contributed by atoms with E-state index in [4.69, 9.17) is 0 Å². The van der Waals surface area contributed by atoms with Gasteiger partial charge in [0.2, 0.25) is 5.65 Å². The average molecular weight is 186 g/mol. The standard InChI is InChI=1S/C8H6N6/c1-2-7-8(13-14-12-7)10-5(1)6-3-4-9-11-6/h1-4H,(H,9,11)(H,10,12,13,14). The summed E-state index contributed by atoms with van der Waals surface area (Å²) in [4.78, 5) is 4.29. The SMILES string of the molecule is c1cc(-c2ccc3[nH]nnc3n2)n[nH]1. The minimum atomic E-state index is 0.602. The normalized spacial score (nSPS) is 10.9. The second kappa shape index (κ2) is 2.63. The lowest BCUT2D eigenvalue weighted by Gasteiger charge is -1.93. The Hall–Kier alpha value is -2.24. The van der Waals surface area contributed by atoms with Gasteiger partial charge in [-0.15, -0.1) is 5.10 Å². The summed E-state index contributed by atoms with van der Waals surface area (Å²) in [5.41, 5.74) is 3.01. The molecule has 14 heavy (non-hydrogen) atoms. The van der Waals surface area contributed by atoms with Crippen molar-refractivity contribution in [3.8, 4) is 11.4 Å². The van der Waals surface area contributed by atoms with Crippen LogP contribution in [0.1, 0.15) is 0 Å². The van der Waals surface area contributed by atoms with E-state index in [-0.39, 0.29) is 0 Å². The third-order valence-electron chi connectivity index (χ3n) is 1.95. The maximum atomic E-state index is 4.29. The molecule has 68 valence electrons. The number of aromatic amines is 2. The molecule has 3 rings (SSSR count). The number of hydrogen-bond donors (Lipinski definition) is 2. The lowest BCUT2D eigenvalue weighted by Crippen LogP contribution is -1.84. The van der Waals surface area contributed by atoms with Crippen molar-refractivity contribution in [2.45, 2.75) is 0 Å². The molecule has 3 aromatic rings. The molecule has 0 aliphatic carbocycles. The van der Waals surface area contributed by atoms with Gasteiger partial charge in [0, 0.05) is 6.20 Å². The lowest BCUT2D eigenvalue weighted by molar-refractivity contribution is 0.954. The van der Waals surface area contributed by atoms with Crippen LogP contribution in [-0.4, -0.2) is 30.6 Å². The molecule has 0 saturated carbocycles. The Kier molecular flexibility index (Phi) is 1.35. The number of fused-ring (bicyclic) bond motifs is 1. The van der Waals surface area contributed by atoms with Gasteiger partial charge in [-0.25, -0.2) is 4.98 Å². The van der Waals surface area contributed by atoms with Crippen LogP contribution in [0.2, 0.25) is 0 Å². The fourth-order valence-corrected chi connectivity index (χ4v) is 1.28. The molecule has 0 aliphatic rings. The van der Waals surface area contributed by atoms with Crippen molar-refractivity contribution < 1.29 is 0 Å². The molecule has 0 spiro atoms. The average Bonchev–Trinajstić information content (AvgIpc) is 2.88. The van der Waals surface area contributed by atoms with E-state index in [1.807, 2.05) is 18.2 Å². The van der Waals surface area contributed by atoms with Crippen molar-refractivity contribution in [2.75, 3.05) is 0 Å². The van der Waals surface area contributed by atoms with Crippen LogP contribution in [0.5, 0.6) is 0 Å². The fourth-order valence-electron chi connectivity index (χ4n) is 1.28. The number of aromatic nitrogens is 6. The summed E-state index contributed by atoms with van der Waals surface area (Å²) in [6.45, 7) is 0. The van der Waals surface area contributed by atoms with Crippen LogP contribution in [0, 0.1) is 0 Å². The van der Waals surface area contributed by atoms with E-state index in [0.717, 1.165) is 16.9 Å². The summed E-state index contributed by atoms with van der Waals surface area (Å²) in [6, 6.07) is 5.61. The number of nitrogens with zero attached hydrogens (tertiary/aromatic N) is 4. The van der Waals surface area contributed by atoms with Crippen LogP contribution in [0.4, 0.5) is 0 Å². The molecule has 6 nitrogen and oxygen atoms in total. The third kappa shape index (κ3) is 0.972. The van der Waals surface area contributed by atoms with Crippen LogP contribution in [0.15, 0.2) is 24.4 Å². The summed E-state index contributed by atoms with van der Waals surface area (Å²) in [7, 11) is 0. The molecule has 0 amide bonds. The van der Waals surface area contributed by atoms with Crippen molar-refractivity contribution in [1.29, 1.82) is 0 Å². The topological polar surface area (TPSA) is 83.1 Å². The lowest BCUT2D eigenvalue weighted by atomic mass is 10.3. The molecule has 3 heterocycles. The Morgan fingerprint density at radius 2 is 2.07 bits per heavy atom. The first-order chi connectivity index (χ1) is 6.93. The zero-order valence-corrected chi connectivity index (χ0v) is 7.10. The molecule has 0 bridgehead atoms. The molecule has 0 atom stereocenters. The van der Waals surface area contributed by atoms with E-state index >= 15 is 0 Å². The van der Waals surface area contributed by atoms with Crippen molar-refractivity contribution in [3.63, 3.8) is 0 Å². The fraction of sp³-hybridized carbons (Fsp3) is 0. The molecule has 0 aromatic carbocycles. The molecular weight excluding hydrogens is 180 g/mol. The maximum Gasteiger partial charge on any atom is 0.202 e. The van der Waals surface area contributed by atoms with Crippen LogP contribution < -0.4 is 0 Å². The highest BCUT2D eigenvalue weighted by atomic mass is 15.3. The van der Waals surface area contributed by atoms with E-state index in [0.29, 0.717) is 5.65 Å². The maximum absolute atomic E-state index is 4.29. The first-order valence-electron chi connectivity index (χ1n) is 4.11. The van der Waals surface area contributed by atoms with Gasteiger partial charge >= 0.3 is 0 Å². The molecule has 3 aromatic heterocycles. The highest BCUT2D eigenvalue weighted by molar-refractivity contribution is 5.72. The Morgan fingerprint density at radius 1 is 1.07 bits per heavy atom. The van der Waals surface area contributed by atoms with Gasteiger partial charge in [0.25, 0.3) is 0 Å². The van der Waals surface area contributed by atoms with Gasteiger partial charge in [-0.3, -0.25) is 10.2 Å². The van der Waals surface area contributed by atoms with Gasteiger partial charge in [-0.1, -0.05) is 5.21 Å². The highest BCUT2D eigenvalue weighted by Gasteiger charge is 2.04. The summed E-state index contributed by atoms with van der Waals surface area (Å²) in [6.07, 6.45) is 1.75. The molecule has 6 heteroatoms. The van der Waals surface area contributed by atoms with E-state index in [9.17, 15) is 0 Å². The predicted octanol–water partition coefficient (Wildman–Crippen LogP) is 0.743. The molecule has 0 unspecified atom stereocenters. The predicted molar refractivity (Wildman–Crippen MR) is 49.3 cm³/mol. The number of nitrogens with one attached hydrogen (secondary N) is 2. The number of rotatable bonds is 1. The van der Waals surface area contributed by atoms with Gasteiger partial charge in [0.05, 0.1) is 5.69 Å². The Balaban J connectivity index is 2.23. The van der Waals surface area contributed by atoms with Crippen LogP contribution in [0.25, 0.3) is 22.6 Å². The van der Waals surface area contributed by atoms with Crippen molar-refractivity contribution >= 4 is 11.2 Å². The van der Waals surface area contributed by atoms with Crippen LogP contribution in [-0.2, 0) is 0 Å². The summed E-state index contributed by atoms with van der Waals surface area (Å²) in [5.74, 6) is 0. The molecular formula is C8H6N6. The van der Waals surface area contributed by atoms with Crippen molar-refractivity contribution in [3.05, 3.63) is 24.4 Å². The molecule has 0 fully saturated rings. The Bertz CT molecular complexity index is 552. The van der Waals surface area contributed by atoms with Crippen LogP contribution >= 0.6 is 0 Å². The summed E-state index contributed by atoms with van der Waals surface area (Å²) < 4.78 is 0. The van der Waals surface area contributed by atoms with E-state index < -0.39 is 0 Å². The van der Waals surface area contributed by atoms with Gasteiger partial charge in [-0.05, 0) is 18.2 Å². The number of H-pyrrole nitrogens is 2. The van der Waals surface area contributed by atoms with Gasteiger partial charge < -0.3 is 0 Å². The third-order valence-corrected chi connectivity index (χ3v) is 1.95. The van der Waals surface area contributed by atoms with E-state index in [2.05, 4.69) is 30.6 Å². The second-order valence-corrected chi connectivity index (χ2v) is 2.84. The van der Waals surface area contributed by atoms with Crippen LogP contribution in [0.3, 0.4) is 0 Å². The Labute approximate surface area is 78.4 Å². The Morgan fingerprint density at radius 3 is 2.93 bits per heavy atom. The molecule has 0 radical (unpaired) electrons. The monoisotopic (exact) mass is 186 g/mol. The van der Waals surface area contributed by atoms with E-state index in [1.54, 1.807) is 6.20 Å². The zero-order valence-electron chi connectivity index (χ0n) is 7.10.